The number of rotatable bonds is 5. The van der Waals surface area contributed by atoms with Gasteiger partial charge in [0.1, 0.15) is 0 Å². The van der Waals surface area contributed by atoms with Gasteiger partial charge in [0, 0.05) is 12.1 Å². The van der Waals surface area contributed by atoms with Gasteiger partial charge in [-0.2, -0.15) is 0 Å². The molecule has 1 aliphatic rings. The first-order chi connectivity index (χ1) is 14.8. The van der Waals surface area contributed by atoms with Crippen molar-refractivity contribution in [2.24, 2.45) is 0 Å². The van der Waals surface area contributed by atoms with E-state index >= 15 is 0 Å². The maximum atomic E-state index is 13.1. The van der Waals surface area contributed by atoms with Crippen LogP contribution >= 0.6 is 0 Å². The maximum absolute atomic E-state index is 13.1. The smallest absolute Gasteiger partial charge is 0.335 e. The third-order valence-corrected chi connectivity index (χ3v) is 5.61. The highest BCUT2D eigenvalue weighted by Gasteiger charge is 2.41. The zero-order valence-corrected chi connectivity index (χ0v) is 17.4. The van der Waals surface area contributed by atoms with Crippen molar-refractivity contribution in [3.63, 3.8) is 0 Å². The predicted molar refractivity (Wildman–Crippen MR) is 119 cm³/mol. The van der Waals surface area contributed by atoms with Crippen LogP contribution in [0.2, 0.25) is 0 Å². The Morgan fingerprint density at radius 1 is 0.871 bits per heavy atom. The summed E-state index contributed by atoms with van der Waals surface area (Å²) in [4.78, 5) is 26.0. The molecule has 0 aliphatic carbocycles. The number of carbonyl (C=O) groups excluding carboxylic acids is 1. The molecule has 0 aromatic heterocycles. The molecule has 1 atom stereocenters. The quantitative estimate of drug-likeness (QED) is 0.613. The van der Waals surface area contributed by atoms with Gasteiger partial charge in [-0.3, -0.25) is 4.79 Å². The third kappa shape index (κ3) is 3.94. The number of aliphatic hydroxyl groups is 1. The van der Waals surface area contributed by atoms with Crippen molar-refractivity contribution in [2.45, 2.75) is 26.4 Å². The molecule has 0 spiro atoms. The van der Waals surface area contributed by atoms with Gasteiger partial charge < -0.3 is 15.1 Å². The first kappa shape index (κ1) is 20.4. The van der Waals surface area contributed by atoms with Gasteiger partial charge >= 0.3 is 5.97 Å². The summed E-state index contributed by atoms with van der Waals surface area (Å²) in [7, 11) is 0. The molecule has 1 amide bonds. The number of aryl methyl sites for hydroxylation is 2. The van der Waals surface area contributed by atoms with Gasteiger partial charge in [0.05, 0.1) is 11.6 Å². The predicted octanol–water partition coefficient (Wildman–Crippen LogP) is 5.05. The second-order valence-corrected chi connectivity index (χ2v) is 7.88. The van der Waals surface area contributed by atoms with Crippen molar-refractivity contribution in [2.75, 3.05) is 0 Å². The van der Waals surface area contributed by atoms with Gasteiger partial charge in [-0.15, -0.1) is 0 Å². The minimum Gasteiger partial charge on any atom is -0.503 e. The molecule has 3 aromatic rings. The molecule has 0 unspecified atom stereocenters. The number of nitrogens with zero attached hydrogens (tertiary/aromatic N) is 1. The average Bonchev–Trinajstić information content (AvgIpc) is 3.01. The van der Waals surface area contributed by atoms with Crippen LogP contribution in [0.15, 0.2) is 78.6 Å². The van der Waals surface area contributed by atoms with Crippen molar-refractivity contribution in [1.29, 1.82) is 0 Å². The minimum atomic E-state index is -1.01. The number of hydrogen-bond donors (Lipinski definition) is 2. The molecule has 3 aromatic carbocycles. The largest absolute Gasteiger partial charge is 0.503 e. The Hall–Kier alpha value is -3.86. The molecule has 0 saturated carbocycles. The fourth-order valence-electron chi connectivity index (χ4n) is 3.89. The fraction of sp³-hybridized carbons (Fsp3) is 0.154. The van der Waals surface area contributed by atoms with E-state index in [1.807, 2.05) is 62.4 Å². The van der Waals surface area contributed by atoms with Gasteiger partial charge in [-0.25, -0.2) is 4.79 Å². The molecule has 0 fully saturated rings. The zero-order valence-electron chi connectivity index (χ0n) is 17.4. The lowest BCUT2D eigenvalue weighted by Gasteiger charge is -2.27. The molecule has 0 saturated heterocycles. The first-order valence-corrected chi connectivity index (χ1v) is 10.0. The second kappa shape index (κ2) is 8.11. The molecular weight excluding hydrogens is 390 g/mol. The first-order valence-electron chi connectivity index (χ1n) is 10.0. The Balaban J connectivity index is 1.80. The number of benzene rings is 3. The van der Waals surface area contributed by atoms with Crippen LogP contribution in [-0.2, 0) is 11.3 Å². The summed E-state index contributed by atoms with van der Waals surface area (Å²) in [6, 6.07) is 21.5. The van der Waals surface area contributed by atoms with E-state index in [1.165, 1.54) is 12.1 Å². The molecule has 156 valence electrons. The highest BCUT2D eigenvalue weighted by molar-refractivity contribution is 6.05. The molecule has 1 aliphatic heterocycles. The highest BCUT2D eigenvalue weighted by atomic mass is 16.4. The van der Waals surface area contributed by atoms with Crippen LogP contribution in [0, 0.1) is 13.8 Å². The Labute approximate surface area is 180 Å². The Morgan fingerprint density at radius 2 is 1.42 bits per heavy atom. The summed E-state index contributed by atoms with van der Waals surface area (Å²) in [6.45, 7) is 4.30. The summed E-state index contributed by atoms with van der Waals surface area (Å²) >= 11 is 0. The zero-order chi connectivity index (χ0) is 22.1. The van der Waals surface area contributed by atoms with E-state index in [0.717, 1.165) is 27.8 Å². The van der Waals surface area contributed by atoms with Crippen LogP contribution in [0.25, 0.3) is 5.57 Å². The molecular formula is C26H23NO4. The van der Waals surface area contributed by atoms with Crippen LogP contribution in [0.3, 0.4) is 0 Å². The number of aliphatic hydroxyl groups excluding tert-OH is 1. The van der Waals surface area contributed by atoms with E-state index in [1.54, 1.807) is 17.0 Å². The van der Waals surface area contributed by atoms with E-state index in [0.29, 0.717) is 12.1 Å². The average molecular weight is 413 g/mol. The summed E-state index contributed by atoms with van der Waals surface area (Å²) in [5.74, 6) is -1.73. The van der Waals surface area contributed by atoms with E-state index in [4.69, 9.17) is 0 Å². The Bertz CT molecular complexity index is 1160. The minimum absolute atomic E-state index is 0.170. The summed E-state index contributed by atoms with van der Waals surface area (Å²) in [5.41, 5.74) is 5.35. The van der Waals surface area contributed by atoms with Gasteiger partial charge in [0.25, 0.3) is 5.91 Å². The molecule has 0 radical (unpaired) electrons. The second-order valence-electron chi connectivity index (χ2n) is 7.88. The number of hydrogen-bond acceptors (Lipinski definition) is 3. The van der Waals surface area contributed by atoms with Crippen molar-refractivity contribution in [3.8, 4) is 0 Å². The van der Waals surface area contributed by atoms with Crippen LogP contribution < -0.4 is 0 Å². The lowest BCUT2D eigenvalue weighted by molar-refractivity contribution is -0.130. The highest BCUT2D eigenvalue weighted by Crippen LogP contribution is 2.43. The topological polar surface area (TPSA) is 77.8 Å². The summed E-state index contributed by atoms with van der Waals surface area (Å²) < 4.78 is 0. The normalized spacial score (nSPS) is 16.1. The molecule has 5 heteroatoms. The van der Waals surface area contributed by atoms with Crippen LogP contribution in [-0.4, -0.2) is 27.0 Å². The van der Waals surface area contributed by atoms with Crippen molar-refractivity contribution < 1.29 is 19.8 Å². The van der Waals surface area contributed by atoms with E-state index in [9.17, 15) is 19.8 Å². The van der Waals surface area contributed by atoms with Gasteiger partial charge in [-0.1, -0.05) is 71.8 Å². The monoisotopic (exact) mass is 413 g/mol. The van der Waals surface area contributed by atoms with Crippen molar-refractivity contribution in [3.05, 3.63) is 112 Å². The fourth-order valence-corrected chi connectivity index (χ4v) is 3.89. The van der Waals surface area contributed by atoms with Crippen LogP contribution in [0.4, 0.5) is 0 Å². The molecule has 0 bridgehead atoms. The molecule has 5 nitrogen and oxygen atoms in total. The number of carbonyl (C=O) groups is 2. The van der Waals surface area contributed by atoms with E-state index < -0.39 is 17.9 Å². The Morgan fingerprint density at radius 3 is 1.97 bits per heavy atom. The number of carboxylic acids is 1. The van der Waals surface area contributed by atoms with Crippen molar-refractivity contribution >= 4 is 17.4 Å². The van der Waals surface area contributed by atoms with Gasteiger partial charge in [0.2, 0.25) is 0 Å². The number of carboxylic acid groups (broad SMARTS) is 1. The third-order valence-electron chi connectivity index (χ3n) is 5.61. The summed E-state index contributed by atoms with van der Waals surface area (Å²) in [5, 5.41) is 20.1. The van der Waals surface area contributed by atoms with Crippen LogP contribution in [0.5, 0.6) is 0 Å². The summed E-state index contributed by atoms with van der Waals surface area (Å²) in [6.07, 6.45) is 0. The molecule has 4 rings (SSSR count). The standard InChI is InChI=1S/C26H23NO4/c1-16-3-7-18(8-4-16)15-27-23(20-11-13-21(14-12-20)26(30)31)22(24(28)25(27)29)19-9-5-17(2)6-10-19/h3-14,23,28H,15H2,1-2H3,(H,30,31)/t23-/m0/s1. The van der Waals surface area contributed by atoms with Gasteiger partial charge in [-0.05, 0) is 42.7 Å². The van der Waals surface area contributed by atoms with E-state index in [2.05, 4.69) is 0 Å². The number of amides is 1. The maximum Gasteiger partial charge on any atom is 0.335 e. The molecule has 2 N–H and O–H groups in total. The number of aromatic carboxylic acids is 1. The lowest BCUT2D eigenvalue weighted by atomic mass is 9.92. The van der Waals surface area contributed by atoms with Crippen LogP contribution in [0.1, 0.15) is 44.2 Å². The Kier molecular flexibility index (Phi) is 5.34. The molecule has 1 heterocycles. The van der Waals surface area contributed by atoms with Crippen molar-refractivity contribution in [1.82, 2.24) is 4.90 Å². The SMILES string of the molecule is Cc1ccc(CN2C(=O)C(O)=C(c3ccc(C)cc3)[C@@H]2c2ccc(C(=O)O)cc2)cc1. The molecule has 31 heavy (non-hydrogen) atoms. The lowest BCUT2D eigenvalue weighted by Crippen LogP contribution is -2.29. The van der Waals surface area contributed by atoms with Gasteiger partial charge in [0.15, 0.2) is 5.76 Å². The van der Waals surface area contributed by atoms with E-state index in [-0.39, 0.29) is 11.3 Å².